The summed E-state index contributed by atoms with van der Waals surface area (Å²) in [6.07, 6.45) is 1.67. The molecule has 2 heterocycles. The molecule has 0 aliphatic heterocycles. The summed E-state index contributed by atoms with van der Waals surface area (Å²) in [6.45, 7) is 0. The van der Waals surface area contributed by atoms with Crippen molar-refractivity contribution in [2.75, 3.05) is 26.6 Å². The molecule has 8 nitrogen and oxygen atoms in total. The average Bonchev–Trinajstić information content (AvgIpc) is 3.17. The fourth-order valence-electron chi connectivity index (χ4n) is 2.88. The van der Waals surface area contributed by atoms with Gasteiger partial charge in [-0.1, -0.05) is 12.1 Å². The molecule has 0 amide bonds. The highest BCUT2D eigenvalue weighted by Crippen LogP contribution is 2.40. The minimum absolute atomic E-state index is 0.527. The van der Waals surface area contributed by atoms with E-state index >= 15 is 0 Å². The molecular formula is C18H17N5O3. The molecule has 2 aromatic carbocycles. The number of hydrogen-bond donors (Lipinski definition) is 1. The van der Waals surface area contributed by atoms with Crippen LogP contribution >= 0.6 is 0 Å². The Hall–Kier alpha value is -3.55. The zero-order valence-electron chi connectivity index (χ0n) is 14.6. The summed E-state index contributed by atoms with van der Waals surface area (Å²) in [6, 6.07) is 11.4. The van der Waals surface area contributed by atoms with Gasteiger partial charge in [-0.05, 0) is 12.1 Å². The van der Waals surface area contributed by atoms with E-state index in [4.69, 9.17) is 14.2 Å². The molecule has 0 unspecified atom stereocenters. The Morgan fingerprint density at radius 1 is 0.962 bits per heavy atom. The van der Waals surface area contributed by atoms with Crippen LogP contribution in [-0.2, 0) is 0 Å². The molecule has 0 bridgehead atoms. The van der Waals surface area contributed by atoms with Crippen LogP contribution in [0.3, 0.4) is 0 Å². The number of anilines is 2. The maximum atomic E-state index is 5.40. The van der Waals surface area contributed by atoms with Gasteiger partial charge in [-0.25, -0.2) is 4.98 Å². The molecular weight excluding hydrogens is 334 g/mol. The number of benzene rings is 2. The van der Waals surface area contributed by atoms with E-state index in [0.717, 1.165) is 16.7 Å². The molecule has 26 heavy (non-hydrogen) atoms. The molecule has 4 aromatic rings. The largest absolute Gasteiger partial charge is 0.493 e. The number of nitrogens with one attached hydrogen (secondary N) is 1. The van der Waals surface area contributed by atoms with Crippen molar-refractivity contribution in [1.82, 2.24) is 19.6 Å². The van der Waals surface area contributed by atoms with Gasteiger partial charge in [0.05, 0.1) is 32.4 Å². The van der Waals surface area contributed by atoms with E-state index in [9.17, 15) is 0 Å². The normalized spacial score (nSPS) is 10.9. The second-order valence-corrected chi connectivity index (χ2v) is 5.51. The van der Waals surface area contributed by atoms with Crippen LogP contribution in [0.25, 0.3) is 16.7 Å². The van der Waals surface area contributed by atoms with E-state index in [1.54, 1.807) is 27.7 Å². The quantitative estimate of drug-likeness (QED) is 0.592. The Kier molecular flexibility index (Phi) is 3.92. The highest BCUT2D eigenvalue weighted by atomic mass is 16.5. The molecule has 2 aromatic heterocycles. The summed E-state index contributed by atoms with van der Waals surface area (Å²) in [5.41, 5.74) is 3.11. The van der Waals surface area contributed by atoms with Crippen LogP contribution in [0, 0.1) is 0 Å². The second-order valence-electron chi connectivity index (χ2n) is 5.51. The Balaban J connectivity index is 1.85. The van der Waals surface area contributed by atoms with Crippen molar-refractivity contribution in [3.05, 3.63) is 42.7 Å². The Labute approximate surface area is 149 Å². The number of methoxy groups -OCH3 is 3. The first-order valence-corrected chi connectivity index (χ1v) is 7.90. The molecule has 4 rings (SSSR count). The molecule has 0 aliphatic carbocycles. The summed E-state index contributed by atoms with van der Waals surface area (Å²) in [5, 5.41) is 11.5. The number of rotatable bonds is 5. The summed E-state index contributed by atoms with van der Waals surface area (Å²) in [7, 11) is 4.72. The minimum Gasteiger partial charge on any atom is -0.493 e. The van der Waals surface area contributed by atoms with E-state index in [1.165, 1.54) is 0 Å². The summed E-state index contributed by atoms with van der Waals surface area (Å²) < 4.78 is 18.1. The zero-order valence-corrected chi connectivity index (χ0v) is 14.6. The lowest BCUT2D eigenvalue weighted by atomic mass is 10.2. The van der Waals surface area contributed by atoms with Gasteiger partial charge in [0.25, 0.3) is 0 Å². The highest BCUT2D eigenvalue weighted by Gasteiger charge is 2.15. The maximum Gasteiger partial charge on any atom is 0.204 e. The van der Waals surface area contributed by atoms with E-state index in [0.29, 0.717) is 28.7 Å². The lowest BCUT2D eigenvalue weighted by Gasteiger charge is -2.15. The first kappa shape index (κ1) is 15.9. The van der Waals surface area contributed by atoms with Crippen LogP contribution < -0.4 is 19.5 Å². The van der Waals surface area contributed by atoms with Crippen molar-refractivity contribution in [2.24, 2.45) is 0 Å². The molecule has 0 radical (unpaired) electrons. The van der Waals surface area contributed by atoms with Crippen LogP contribution in [0.5, 0.6) is 17.2 Å². The van der Waals surface area contributed by atoms with Gasteiger partial charge in [-0.15, -0.1) is 10.2 Å². The van der Waals surface area contributed by atoms with Crippen molar-refractivity contribution >= 4 is 28.2 Å². The lowest BCUT2D eigenvalue weighted by Crippen LogP contribution is -2.01. The van der Waals surface area contributed by atoms with Crippen LogP contribution in [0.1, 0.15) is 0 Å². The lowest BCUT2D eigenvalue weighted by molar-refractivity contribution is 0.324. The van der Waals surface area contributed by atoms with Gasteiger partial charge in [0.1, 0.15) is 6.33 Å². The number of hydrogen-bond acceptors (Lipinski definition) is 7. The first-order chi connectivity index (χ1) is 12.7. The van der Waals surface area contributed by atoms with Gasteiger partial charge in [-0.3, -0.25) is 4.40 Å². The average molecular weight is 351 g/mol. The number of aromatic nitrogens is 4. The van der Waals surface area contributed by atoms with E-state index < -0.39 is 0 Å². The second kappa shape index (κ2) is 6.40. The standard InChI is InChI=1S/C18H17N5O3/c1-24-14-8-11(9-15(25-2)16(14)26-3)20-17-18-22-19-10-23(18)13-7-5-4-6-12(13)21-17/h4-10H,1-3H3,(H,20,21). The van der Waals surface area contributed by atoms with Crippen LogP contribution in [-0.4, -0.2) is 40.9 Å². The van der Waals surface area contributed by atoms with Crippen LogP contribution in [0.15, 0.2) is 42.7 Å². The van der Waals surface area contributed by atoms with Gasteiger partial charge in [0.2, 0.25) is 11.4 Å². The summed E-state index contributed by atoms with van der Waals surface area (Å²) >= 11 is 0. The van der Waals surface area contributed by atoms with Crippen molar-refractivity contribution in [2.45, 2.75) is 0 Å². The van der Waals surface area contributed by atoms with Gasteiger partial charge in [0, 0.05) is 17.8 Å². The fraction of sp³-hybridized carbons (Fsp3) is 0.167. The van der Waals surface area contributed by atoms with Gasteiger partial charge in [-0.2, -0.15) is 0 Å². The van der Waals surface area contributed by atoms with E-state index in [-0.39, 0.29) is 0 Å². The first-order valence-electron chi connectivity index (χ1n) is 7.90. The molecule has 0 fully saturated rings. The number of fused-ring (bicyclic) bond motifs is 3. The van der Waals surface area contributed by atoms with Crippen molar-refractivity contribution in [3.63, 3.8) is 0 Å². The summed E-state index contributed by atoms with van der Waals surface area (Å²) in [5.74, 6) is 2.20. The number of nitrogens with zero attached hydrogens (tertiary/aromatic N) is 4. The maximum absolute atomic E-state index is 5.40. The van der Waals surface area contributed by atoms with Gasteiger partial charge < -0.3 is 19.5 Å². The predicted octanol–water partition coefficient (Wildman–Crippen LogP) is 3.05. The third-order valence-electron chi connectivity index (χ3n) is 4.06. The molecule has 0 saturated carbocycles. The topological polar surface area (TPSA) is 82.8 Å². The van der Waals surface area contributed by atoms with Crippen LogP contribution in [0.2, 0.25) is 0 Å². The molecule has 0 aliphatic rings. The highest BCUT2D eigenvalue weighted by molar-refractivity contribution is 5.84. The van der Waals surface area contributed by atoms with E-state index in [1.807, 2.05) is 40.8 Å². The number of para-hydroxylation sites is 2. The van der Waals surface area contributed by atoms with Crippen molar-refractivity contribution in [3.8, 4) is 17.2 Å². The monoisotopic (exact) mass is 351 g/mol. The molecule has 1 N–H and O–H groups in total. The van der Waals surface area contributed by atoms with Crippen molar-refractivity contribution < 1.29 is 14.2 Å². The fourth-order valence-corrected chi connectivity index (χ4v) is 2.88. The molecule has 0 atom stereocenters. The van der Waals surface area contributed by atoms with Gasteiger partial charge >= 0.3 is 0 Å². The SMILES string of the molecule is COc1cc(Nc2nc3ccccc3n3cnnc23)cc(OC)c1OC. The molecule has 0 saturated heterocycles. The molecule has 8 heteroatoms. The minimum atomic E-state index is 0.527. The molecule has 132 valence electrons. The molecule has 0 spiro atoms. The summed E-state index contributed by atoms with van der Waals surface area (Å²) in [4.78, 5) is 4.68. The van der Waals surface area contributed by atoms with Crippen LogP contribution in [0.4, 0.5) is 11.5 Å². The predicted molar refractivity (Wildman–Crippen MR) is 97.7 cm³/mol. The van der Waals surface area contributed by atoms with E-state index in [2.05, 4.69) is 20.5 Å². The zero-order chi connectivity index (χ0) is 18.1. The van der Waals surface area contributed by atoms with Gasteiger partial charge in [0.15, 0.2) is 17.3 Å². The number of ether oxygens (including phenoxy) is 3. The smallest absolute Gasteiger partial charge is 0.204 e. The Morgan fingerprint density at radius 2 is 1.69 bits per heavy atom. The Morgan fingerprint density at radius 3 is 2.38 bits per heavy atom. The third-order valence-corrected chi connectivity index (χ3v) is 4.06. The third kappa shape index (κ3) is 2.52. The van der Waals surface area contributed by atoms with Crippen molar-refractivity contribution in [1.29, 1.82) is 0 Å². The Bertz CT molecular complexity index is 1070.